The van der Waals surface area contributed by atoms with E-state index in [1.807, 2.05) is 0 Å². The highest BCUT2D eigenvalue weighted by Gasteiger charge is 2.38. The SMILES string of the molecule is Cc1cc(C(N)C(F)(F)F)cc(Cl)n1. The Balaban J connectivity index is 3.07. The van der Waals surface area contributed by atoms with Gasteiger partial charge in [-0.05, 0) is 24.6 Å². The van der Waals surface area contributed by atoms with Gasteiger partial charge in [-0.3, -0.25) is 0 Å². The molecule has 0 saturated heterocycles. The van der Waals surface area contributed by atoms with Gasteiger partial charge in [0.2, 0.25) is 0 Å². The van der Waals surface area contributed by atoms with Gasteiger partial charge in [0.1, 0.15) is 11.2 Å². The van der Waals surface area contributed by atoms with Gasteiger partial charge in [-0.1, -0.05) is 11.6 Å². The average Bonchev–Trinajstić information content (AvgIpc) is 1.99. The van der Waals surface area contributed by atoms with Crippen LogP contribution in [-0.4, -0.2) is 11.2 Å². The molecule has 0 saturated carbocycles. The number of pyridine rings is 1. The molecule has 1 rings (SSSR count). The van der Waals surface area contributed by atoms with Crippen LogP contribution in [0.5, 0.6) is 0 Å². The summed E-state index contributed by atoms with van der Waals surface area (Å²) < 4.78 is 36.6. The lowest BCUT2D eigenvalue weighted by Gasteiger charge is -2.16. The summed E-state index contributed by atoms with van der Waals surface area (Å²) in [5.41, 5.74) is 5.33. The third kappa shape index (κ3) is 2.59. The van der Waals surface area contributed by atoms with E-state index in [2.05, 4.69) is 4.98 Å². The van der Waals surface area contributed by atoms with Crippen LogP contribution in [0, 0.1) is 6.92 Å². The van der Waals surface area contributed by atoms with Crippen molar-refractivity contribution in [3.8, 4) is 0 Å². The molecule has 0 amide bonds. The molecule has 0 radical (unpaired) electrons. The number of nitrogens with zero attached hydrogens (tertiary/aromatic N) is 1. The molecule has 1 aromatic heterocycles. The topological polar surface area (TPSA) is 38.9 Å². The molecule has 0 aromatic carbocycles. The first-order valence-electron chi connectivity index (χ1n) is 3.77. The molecule has 0 fully saturated rings. The fourth-order valence-electron chi connectivity index (χ4n) is 1.02. The first-order chi connectivity index (χ1) is 6.30. The quantitative estimate of drug-likeness (QED) is 0.745. The number of nitrogens with two attached hydrogens (primary N) is 1. The van der Waals surface area contributed by atoms with Crippen molar-refractivity contribution in [2.75, 3.05) is 0 Å². The third-order valence-electron chi connectivity index (χ3n) is 1.66. The van der Waals surface area contributed by atoms with Gasteiger partial charge in [-0.15, -0.1) is 0 Å². The maximum Gasteiger partial charge on any atom is 0.407 e. The van der Waals surface area contributed by atoms with Gasteiger partial charge in [-0.2, -0.15) is 13.2 Å². The van der Waals surface area contributed by atoms with Gasteiger partial charge < -0.3 is 5.73 Å². The van der Waals surface area contributed by atoms with E-state index in [0.717, 1.165) is 6.07 Å². The molecule has 1 unspecified atom stereocenters. The summed E-state index contributed by atoms with van der Waals surface area (Å²) in [6.07, 6.45) is -4.46. The van der Waals surface area contributed by atoms with Crippen molar-refractivity contribution < 1.29 is 13.2 Å². The fraction of sp³-hybridized carbons (Fsp3) is 0.375. The standard InChI is InChI=1S/C8H8ClF3N2/c1-4-2-5(3-6(9)14-4)7(13)8(10,11)12/h2-3,7H,13H2,1H3. The Hall–Kier alpha value is -0.810. The minimum atomic E-state index is -4.46. The summed E-state index contributed by atoms with van der Waals surface area (Å²) in [6, 6.07) is 0.373. The molecule has 1 aromatic rings. The minimum absolute atomic E-state index is 0.0136. The molecule has 6 heteroatoms. The molecule has 0 aliphatic rings. The zero-order valence-corrected chi connectivity index (χ0v) is 8.02. The van der Waals surface area contributed by atoms with Crippen molar-refractivity contribution in [2.45, 2.75) is 19.1 Å². The molecule has 0 aliphatic heterocycles. The van der Waals surface area contributed by atoms with Crippen LogP contribution in [0.3, 0.4) is 0 Å². The van der Waals surface area contributed by atoms with Crippen LogP contribution in [0.4, 0.5) is 13.2 Å². The predicted molar refractivity (Wildman–Crippen MR) is 47.0 cm³/mol. The summed E-state index contributed by atoms with van der Waals surface area (Å²) >= 11 is 5.51. The lowest BCUT2D eigenvalue weighted by atomic mass is 10.1. The molecule has 0 bridgehead atoms. The second-order valence-corrected chi connectivity index (χ2v) is 3.27. The molecular formula is C8H8ClF3N2. The molecule has 2 N–H and O–H groups in total. The Labute approximate surface area is 83.9 Å². The Morgan fingerprint density at radius 2 is 2.00 bits per heavy atom. The Morgan fingerprint density at radius 1 is 1.43 bits per heavy atom. The fourth-order valence-corrected chi connectivity index (χ4v) is 1.28. The highest BCUT2D eigenvalue weighted by atomic mass is 35.5. The number of rotatable bonds is 1. The summed E-state index contributed by atoms with van der Waals surface area (Å²) in [5.74, 6) is 0. The van der Waals surface area contributed by atoms with E-state index in [4.69, 9.17) is 17.3 Å². The van der Waals surface area contributed by atoms with E-state index >= 15 is 0 Å². The van der Waals surface area contributed by atoms with Crippen LogP contribution < -0.4 is 5.73 Å². The molecule has 1 heterocycles. The number of aryl methyl sites for hydroxylation is 1. The number of halogens is 4. The number of aromatic nitrogens is 1. The lowest BCUT2D eigenvalue weighted by Crippen LogP contribution is -2.28. The van der Waals surface area contributed by atoms with Gasteiger partial charge >= 0.3 is 6.18 Å². The zero-order chi connectivity index (χ0) is 10.9. The average molecular weight is 225 g/mol. The van der Waals surface area contributed by atoms with Crippen molar-refractivity contribution in [2.24, 2.45) is 5.73 Å². The van der Waals surface area contributed by atoms with Crippen molar-refractivity contribution >= 4 is 11.6 Å². The van der Waals surface area contributed by atoms with Crippen molar-refractivity contribution in [3.05, 3.63) is 28.5 Å². The maximum absolute atomic E-state index is 12.2. The minimum Gasteiger partial charge on any atom is -0.316 e. The van der Waals surface area contributed by atoms with Crippen LogP contribution in [0.2, 0.25) is 5.15 Å². The monoisotopic (exact) mass is 224 g/mol. The molecule has 0 aliphatic carbocycles. The predicted octanol–water partition coefficient (Wildman–Crippen LogP) is 2.61. The van der Waals surface area contributed by atoms with Gasteiger partial charge in [0.05, 0.1) is 0 Å². The largest absolute Gasteiger partial charge is 0.407 e. The lowest BCUT2D eigenvalue weighted by molar-refractivity contribution is -0.149. The number of alkyl halides is 3. The first kappa shape index (κ1) is 11.3. The van der Waals surface area contributed by atoms with E-state index in [1.54, 1.807) is 6.92 Å². The van der Waals surface area contributed by atoms with Crippen LogP contribution in [-0.2, 0) is 0 Å². The van der Waals surface area contributed by atoms with E-state index in [-0.39, 0.29) is 10.7 Å². The van der Waals surface area contributed by atoms with Crippen LogP contribution in [0.25, 0.3) is 0 Å². The normalized spacial score (nSPS) is 14.1. The molecule has 0 spiro atoms. The van der Waals surface area contributed by atoms with Crippen molar-refractivity contribution in [1.29, 1.82) is 0 Å². The number of hydrogen-bond acceptors (Lipinski definition) is 2. The highest BCUT2D eigenvalue weighted by Crippen LogP contribution is 2.31. The van der Waals surface area contributed by atoms with E-state index in [1.165, 1.54) is 6.07 Å². The van der Waals surface area contributed by atoms with Crippen LogP contribution in [0.1, 0.15) is 17.3 Å². The van der Waals surface area contributed by atoms with Gasteiger partial charge in [-0.25, -0.2) is 4.98 Å². The van der Waals surface area contributed by atoms with Crippen molar-refractivity contribution in [3.63, 3.8) is 0 Å². The summed E-state index contributed by atoms with van der Waals surface area (Å²) in [6.45, 7) is 1.55. The maximum atomic E-state index is 12.2. The van der Waals surface area contributed by atoms with E-state index in [0.29, 0.717) is 5.69 Å². The summed E-state index contributed by atoms with van der Waals surface area (Å²) in [4.78, 5) is 3.74. The van der Waals surface area contributed by atoms with E-state index < -0.39 is 12.2 Å². The van der Waals surface area contributed by atoms with Crippen molar-refractivity contribution in [1.82, 2.24) is 4.98 Å². The van der Waals surface area contributed by atoms with Gasteiger partial charge in [0.25, 0.3) is 0 Å². The summed E-state index contributed by atoms with van der Waals surface area (Å²) in [7, 11) is 0. The van der Waals surface area contributed by atoms with E-state index in [9.17, 15) is 13.2 Å². The molecular weight excluding hydrogens is 217 g/mol. The summed E-state index contributed by atoms with van der Waals surface area (Å²) in [5, 5.41) is 0.0136. The molecule has 1 atom stereocenters. The Bertz CT molecular complexity index is 318. The van der Waals surface area contributed by atoms with Gasteiger partial charge in [0.15, 0.2) is 0 Å². The molecule has 14 heavy (non-hydrogen) atoms. The third-order valence-corrected chi connectivity index (χ3v) is 1.85. The zero-order valence-electron chi connectivity index (χ0n) is 7.27. The number of hydrogen-bond donors (Lipinski definition) is 1. The Morgan fingerprint density at radius 3 is 2.43 bits per heavy atom. The molecule has 2 nitrogen and oxygen atoms in total. The van der Waals surface area contributed by atoms with Crippen LogP contribution >= 0.6 is 11.6 Å². The highest BCUT2D eigenvalue weighted by molar-refractivity contribution is 6.29. The first-order valence-corrected chi connectivity index (χ1v) is 4.15. The second kappa shape index (κ2) is 3.74. The second-order valence-electron chi connectivity index (χ2n) is 2.88. The van der Waals surface area contributed by atoms with Crippen LogP contribution in [0.15, 0.2) is 12.1 Å². The smallest absolute Gasteiger partial charge is 0.316 e. The molecule has 78 valence electrons. The van der Waals surface area contributed by atoms with Gasteiger partial charge in [0, 0.05) is 5.69 Å². The Kier molecular flexibility index (Phi) is 3.01.